The van der Waals surface area contributed by atoms with Gasteiger partial charge in [0.05, 0.1) is 25.2 Å². The fourth-order valence-corrected chi connectivity index (χ4v) is 12.7. The molecule has 0 N–H and O–H groups in total. The van der Waals surface area contributed by atoms with Gasteiger partial charge in [-0.25, -0.2) is 0 Å². The van der Waals surface area contributed by atoms with Crippen molar-refractivity contribution in [1.82, 2.24) is 15.0 Å². The van der Waals surface area contributed by atoms with Gasteiger partial charge in [-0.3, -0.25) is 15.0 Å². The summed E-state index contributed by atoms with van der Waals surface area (Å²) < 4.78 is 6.80. The van der Waals surface area contributed by atoms with Crippen molar-refractivity contribution in [3.63, 3.8) is 0 Å². The molecule has 0 amide bonds. The first kappa shape index (κ1) is 55.7. The number of rotatable bonds is 12. The fraction of sp³-hybridized carbons (Fsp3) is 0.271. The van der Waals surface area contributed by atoms with Crippen molar-refractivity contribution in [3.05, 3.63) is 217 Å². The Labute approximate surface area is 467 Å². The Bertz CT molecular complexity index is 3460. The minimum atomic E-state index is -1.33. The molecule has 11 rings (SSSR count). The molecule has 0 spiro atoms. The van der Waals surface area contributed by atoms with Gasteiger partial charge < -0.3 is 4.42 Å². The van der Waals surface area contributed by atoms with Crippen LogP contribution in [0.25, 0.3) is 78.0 Å². The van der Waals surface area contributed by atoms with Crippen LogP contribution in [0.2, 0.25) is 19.6 Å². The largest absolute Gasteiger partial charge is 0.455 e. The fourth-order valence-electron chi connectivity index (χ4n) is 11.1. The smallest absolute Gasteiger partial charge is 0.144 e. The Morgan fingerprint density at radius 3 is 1.59 bits per heavy atom. The van der Waals surface area contributed by atoms with Gasteiger partial charge >= 0.3 is 0 Å². The molecule has 389 valence electrons. The van der Waals surface area contributed by atoms with Crippen LogP contribution in [0.4, 0.5) is 0 Å². The third-order valence-corrected chi connectivity index (χ3v) is 17.1. The van der Waals surface area contributed by atoms with Gasteiger partial charge in [-0.15, -0.1) is 0 Å². The summed E-state index contributed by atoms with van der Waals surface area (Å²) in [4.78, 5) is 14.0. The van der Waals surface area contributed by atoms with E-state index in [0.29, 0.717) is 11.8 Å². The summed E-state index contributed by atoms with van der Waals surface area (Å²) in [5, 5.41) is 3.77. The Hall–Kier alpha value is -6.56. The van der Waals surface area contributed by atoms with E-state index in [1.807, 2.05) is 30.6 Å². The van der Waals surface area contributed by atoms with Gasteiger partial charge in [0.15, 0.2) is 0 Å². The number of benzene rings is 6. The minimum Gasteiger partial charge on any atom is -0.455 e. The Morgan fingerprint density at radius 1 is 0.500 bits per heavy atom. The van der Waals surface area contributed by atoms with Crippen LogP contribution >= 0.6 is 0 Å². The van der Waals surface area contributed by atoms with Crippen molar-refractivity contribution >= 4 is 35.2 Å². The van der Waals surface area contributed by atoms with Crippen molar-refractivity contribution in [2.24, 2.45) is 17.8 Å². The molecule has 76 heavy (non-hydrogen) atoms. The van der Waals surface area contributed by atoms with E-state index in [2.05, 4.69) is 236 Å². The van der Waals surface area contributed by atoms with Gasteiger partial charge in [0.2, 0.25) is 0 Å². The zero-order valence-electron chi connectivity index (χ0n) is 46.1. The molecule has 1 radical (unpaired) electrons. The van der Waals surface area contributed by atoms with Crippen LogP contribution < -0.4 is 5.19 Å². The van der Waals surface area contributed by atoms with Gasteiger partial charge in [-0.2, -0.15) is 0 Å². The molecule has 4 nitrogen and oxygen atoms in total. The van der Waals surface area contributed by atoms with Crippen LogP contribution in [0.5, 0.6) is 0 Å². The Kier molecular flexibility index (Phi) is 18.4. The number of hydrogen-bond acceptors (Lipinski definition) is 4. The Balaban J connectivity index is 0.000000173. The molecular formula is C70H75IrN3OSi. The van der Waals surface area contributed by atoms with Crippen molar-refractivity contribution in [1.29, 1.82) is 0 Å². The van der Waals surface area contributed by atoms with Crippen molar-refractivity contribution in [2.75, 3.05) is 0 Å². The summed E-state index contributed by atoms with van der Waals surface area (Å²) in [5.41, 5.74) is 17.5. The molecule has 0 aliphatic heterocycles. The van der Waals surface area contributed by atoms with Crippen molar-refractivity contribution < 1.29 is 24.5 Å². The number of furan rings is 1. The van der Waals surface area contributed by atoms with Gasteiger partial charge in [0.1, 0.15) is 11.2 Å². The molecule has 0 bridgehead atoms. The standard InChI is InChI=1S/C37H33NO.C18H25NSi.C15H17N.Ir/c1-37(2,26-14-6-7-15-26)27-22-23-38-34(24-27)33-21-11-20-32-31-19-10-18-30(35(31)39-36(32)33)29-17-9-8-16-28(29)25-12-4-3-5-13-25;1-14(2)11-16-12-17(15-9-7-6-8-10-15)19-13-18(16)20(3,4)5;1-12(2)10-13-8-9-16-15(11-13)14-6-4-3-5-7-14;/h3-5,8-13,16-24,26H,6-7,14-15H2,1-2H3;6-10,12-14H,11H2,1-5H3;3-9,11-12H,10H2,1-2H3;. The van der Waals surface area contributed by atoms with Crippen LogP contribution in [0, 0.1) is 17.8 Å². The molecule has 4 aromatic heterocycles. The summed E-state index contributed by atoms with van der Waals surface area (Å²) in [5.74, 6) is 2.09. The SMILES string of the molecule is CC(C)(c1ccnc(-c2cccc3c2oc2c(-c4ccccc4-c4ccccc4)cccc23)c1)C1CCCC1.CC(C)Cc1cc(-c2ccccc2)ncc1[Si](C)(C)C.CC(C)Cc1ccnc(-c2ccccc2)c1.[Ir]. The van der Waals surface area contributed by atoms with Gasteiger partial charge in [0.25, 0.3) is 0 Å². The number of nitrogens with zero attached hydrogens (tertiary/aromatic N) is 3. The van der Waals surface area contributed by atoms with Crippen LogP contribution in [0.1, 0.15) is 83.9 Å². The first-order valence-electron chi connectivity index (χ1n) is 27.4. The molecule has 0 atom stereocenters. The third-order valence-electron chi connectivity index (χ3n) is 15.0. The van der Waals surface area contributed by atoms with E-state index < -0.39 is 8.07 Å². The maximum Gasteiger partial charge on any atom is 0.144 e. The van der Waals surface area contributed by atoms with E-state index >= 15 is 0 Å². The zero-order chi connectivity index (χ0) is 52.5. The van der Waals surface area contributed by atoms with E-state index in [4.69, 9.17) is 14.4 Å². The number of pyridine rings is 3. The second-order valence-corrected chi connectivity index (χ2v) is 28.0. The van der Waals surface area contributed by atoms with E-state index in [9.17, 15) is 0 Å². The molecule has 1 saturated carbocycles. The second kappa shape index (κ2) is 25.1. The topological polar surface area (TPSA) is 51.8 Å². The van der Waals surface area contributed by atoms with Gasteiger partial charge in [-0.05, 0) is 124 Å². The summed E-state index contributed by atoms with van der Waals surface area (Å²) in [6.07, 6.45) is 13.6. The first-order valence-corrected chi connectivity index (χ1v) is 30.9. The molecule has 0 saturated heterocycles. The number of para-hydroxylation sites is 2. The second-order valence-electron chi connectivity index (χ2n) is 23.0. The molecule has 0 unspecified atom stereocenters. The first-order chi connectivity index (χ1) is 36.2. The average molecular weight is 1190 g/mol. The van der Waals surface area contributed by atoms with Crippen LogP contribution in [0.15, 0.2) is 205 Å². The normalized spacial score (nSPS) is 12.8. The molecule has 6 heteroatoms. The van der Waals surface area contributed by atoms with Crippen LogP contribution in [-0.4, -0.2) is 23.0 Å². The number of aromatic nitrogens is 3. The summed E-state index contributed by atoms with van der Waals surface area (Å²) in [6.45, 7) is 21.1. The van der Waals surface area contributed by atoms with E-state index in [1.165, 1.54) is 75.4 Å². The van der Waals surface area contributed by atoms with Crippen LogP contribution in [-0.2, 0) is 38.4 Å². The van der Waals surface area contributed by atoms with Crippen molar-refractivity contribution in [3.8, 4) is 56.0 Å². The molecular weight excluding hydrogens is 1120 g/mol. The van der Waals surface area contributed by atoms with Crippen molar-refractivity contribution in [2.45, 2.75) is 105 Å². The maximum atomic E-state index is 6.80. The van der Waals surface area contributed by atoms with E-state index in [0.717, 1.165) is 68.9 Å². The molecule has 1 aliphatic carbocycles. The molecule has 1 aliphatic rings. The monoisotopic (exact) mass is 1190 g/mol. The van der Waals surface area contributed by atoms with Gasteiger partial charge in [0, 0.05) is 71.7 Å². The molecule has 4 heterocycles. The summed E-state index contributed by atoms with van der Waals surface area (Å²) >= 11 is 0. The molecule has 10 aromatic rings. The average Bonchev–Trinajstić information content (AvgIpc) is 4.20. The van der Waals surface area contributed by atoms with E-state index in [-0.39, 0.29) is 25.5 Å². The van der Waals surface area contributed by atoms with E-state index in [1.54, 1.807) is 0 Å². The maximum absolute atomic E-state index is 6.80. The molecule has 1 fully saturated rings. The molecule has 6 aromatic carbocycles. The van der Waals surface area contributed by atoms with Gasteiger partial charge in [-0.1, -0.05) is 220 Å². The Morgan fingerprint density at radius 2 is 1.00 bits per heavy atom. The summed E-state index contributed by atoms with van der Waals surface area (Å²) in [6, 6.07) is 64.0. The third kappa shape index (κ3) is 13.2. The number of fused-ring (bicyclic) bond motifs is 3. The quantitative estimate of drug-likeness (QED) is 0.114. The zero-order valence-corrected chi connectivity index (χ0v) is 49.5. The van der Waals surface area contributed by atoms with Crippen LogP contribution in [0.3, 0.4) is 0 Å². The predicted octanol–water partition coefficient (Wildman–Crippen LogP) is 18.9. The summed E-state index contributed by atoms with van der Waals surface area (Å²) in [7, 11) is -1.33. The predicted molar refractivity (Wildman–Crippen MR) is 322 cm³/mol. The minimum absolute atomic E-state index is 0. The number of hydrogen-bond donors (Lipinski definition) is 0.